The second kappa shape index (κ2) is 8.49. The molecule has 0 unspecified atom stereocenters. The summed E-state index contributed by atoms with van der Waals surface area (Å²) in [4.78, 5) is 23.4. The van der Waals surface area contributed by atoms with Crippen molar-refractivity contribution in [2.75, 3.05) is 5.32 Å². The van der Waals surface area contributed by atoms with Gasteiger partial charge in [-0.15, -0.1) is 0 Å². The van der Waals surface area contributed by atoms with Crippen LogP contribution in [0.25, 0.3) is 0 Å². The molecule has 0 atom stereocenters. The third-order valence-electron chi connectivity index (χ3n) is 3.43. The van der Waals surface area contributed by atoms with Gasteiger partial charge in [0.05, 0.1) is 12.5 Å². The van der Waals surface area contributed by atoms with E-state index >= 15 is 0 Å². The number of amides is 2. The number of anilines is 1. The summed E-state index contributed by atoms with van der Waals surface area (Å²) >= 11 is 0. The first kappa shape index (κ1) is 17.2. The van der Waals surface area contributed by atoms with E-state index in [9.17, 15) is 9.59 Å². The number of carbonyl (C=O) groups is 2. The minimum atomic E-state index is -0.314. The van der Waals surface area contributed by atoms with Gasteiger partial charge in [-0.2, -0.15) is 5.26 Å². The fourth-order valence-corrected chi connectivity index (χ4v) is 2.19. The van der Waals surface area contributed by atoms with Crippen LogP contribution in [0.2, 0.25) is 0 Å². The Hall–Kier alpha value is -3.13. The topological polar surface area (TPSA) is 82.0 Å². The van der Waals surface area contributed by atoms with Crippen LogP contribution in [-0.2, 0) is 22.6 Å². The maximum Gasteiger partial charge on any atom is 0.234 e. The summed E-state index contributed by atoms with van der Waals surface area (Å²) in [5, 5.41) is 14.0. The molecular formula is C19H19N3O2. The molecule has 0 fully saturated rings. The number of nitrogens with one attached hydrogen (secondary N) is 2. The number of hydrogen-bond donors (Lipinski definition) is 2. The molecule has 0 radical (unpaired) electrons. The number of nitrogens with zero attached hydrogens (tertiary/aromatic N) is 1. The summed E-state index contributed by atoms with van der Waals surface area (Å²) in [6.07, 6.45) is 0.149. The van der Waals surface area contributed by atoms with E-state index in [0.717, 1.165) is 16.7 Å². The van der Waals surface area contributed by atoms with Crippen LogP contribution in [0.3, 0.4) is 0 Å². The van der Waals surface area contributed by atoms with Crippen LogP contribution in [0.4, 0.5) is 5.69 Å². The van der Waals surface area contributed by atoms with Gasteiger partial charge in [-0.1, -0.05) is 42.0 Å². The van der Waals surface area contributed by atoms with E-state index in [0.29, 0.717) is 18.7 Å². The third-order valence-corrected chi connectivity index (χ3v) is 3.43. The molecule has 2 aromatic carbocycles. The van der Waals surface area contributed by atoms with E-state index in [4.69, 9.17) is 5.26 Å². The first-order valence-corrected chi connectivity index (χ1v) is 7.65. The van der Waals surface area contributed by atoms with Crippen molar-refractivity contribution in [2.24, 2.45) is 0 Å². The molecule has 2 aromatic rings. The van der Waals surface area contributed by atoms with Crippen molar-refractivity contribution in [1.82, 2.24) is 5.32 Å². The molecule has 0 saturated heterocycles. The standard InChI is InChI=1S/C19H19N3O2/c1-14-5-7-15(8-6-14)12-19(24)22-17-4-2-3-16(11-17)13-21-18(23)9-10-20/h2-8,11H,9,12-13H2,1H3,(H,21,23)(H,22,24). The summed E-state index contributed by atoms with van der Waals surface area (Å²) in [5.74, 6) is -0.407. The molecule has 2 rings (SSSR count). The van der Waals surface area contributed by atoms with Gasteiger partial charge in [0.25, 0.3) is 0 Å². The van der Waals surface area contributed by atoms with Crippen molar-refractivity contribution in [3.63, 3.8) is 0 Å². The maximum absolute atomic E-state index is 12.1. The van der Waals surface area contributed by atoms with E-state index in [1.54, 1.807) is 18.2 Å². The predicted molar refractivity (Wildman–Crippen MR) is 92.0 cm³/mol. The summed E-state index contributed by atoms with van der Waals surface area (Å²) in [6.45, 7) is 2.33. The lowest BCUT2D eigenvalue weighted by Crippen LogP contribution is -2.22. The molecule has 122 valence electrons. The molecule has 2 amide bonds. The Bertz CT molecular complexity index is 761. The van der Waals surface area contributed by atoms with Gasteiger partial charge in [0, 0.05) is 12.2 Å². The number of rotatable bonds is 6. The molecule has 0 spiro atoms. The molecular weight excluding hydrogens is 302 g/mol. The van der Waals surface area contributed by atoms with Gasteiger partial charge < -0.3 is 10.6 Å². The zero-order chi connectivity index (χ0) is 17.4. The highest BCUT2D eigenvalue weighted by molar-refractivity contribution is 5.92. The van der Waals surface area contributed by atoms with E-state index < -0.39 is 0 Å². The highest BCUT2D eigenvalue weighted by Gasteiger charge is 2.05. The number of nitriles is 1. The Balaban J connectivity index is 1.91. The van der Waals surface area contributed by atoms with Crippen LogP contribution in [0.15, 0.2) is 48.5 Å². The normalized spacial score (nSPS) is 9.83. The van der Waals surface area contributed by atoms with Crippen molar-refractivity contribution in [3.05, 3.63) is 65.2 Å². The van der Waals surface area contributed by atoms with Gasteiger partial charge in [-0.25, -0.2) is 0 Å². The number of aryl methyl sites for hydroxylation is 1. The second-order valence-electron chi connectivity index (χ2n) is 5.52. The average Bonchev–Trinajstić information content (AvgIpc) is 2.56. The number of carbonyl (C=O) groups excluding carboxylic acids is 2. The molecule has 0 aliphatic rings. The third kappa shape index (κ3) is 5.58. The molecule has 5 nitrogen and oxygen atoms in total. The van der Waals surface area contributed by atoms with Crippen LogP contribution < -0.4 is 10.6 Å². The molecule has 24 heavy (non-hydrogen) atoms. The second-order valence-corrected chi connectivity index (χ2v) is 5.52. The van der Waals surface area contributed by atoms with Gasteiger partial charge in [-0.05, 0) is 30.2 Å². The monoisotopic (exact) mass is 321 g/mol. The zero-order valence-electron chi connectivity index (χ0n) is 13.5. The predicted octanol–water partition coefficient (Wildman–Crippen LogP) is 2.71. The molecule has 0 aliphatic carbocycles. The molecule has 0 bridgehead atoms. The SMILES string of the molecule is Cc1ccc(CC(=O)Nc2cccc(CNC(=O)CC#N)c2)cc1. The van der Waals surface area contributed by atoms with E-state index in [2.05, 4.69) is 10.6 Å². The minimum Gasteiger partial charge on any atom is -0.351 e. The highest BCUT2D eigenvalue weighted by atomic mass is 16.2. The lowest BCUT2D eigenvalue weighted by molar-refractivity contribution is -0.120. The van der Waals surface area contributed by atoms with Crippen LogP contribution in [0.1, 0.15) is 23.1 Å². The largest absolute Gasteiger partial charge is 0.351 e. The van der Waals surface area contributed by atoms with Gasteiger partial charge in [0.2, 0.25) is 11.8 Å². The zero-order valence-corrected chi connectivity index (χ0v) is 13.5. The molecule has 0 saturated carbocycles. The summed E-state index contributed by atoms with van der Waals surface area (Å²) in [5.41, 5.74) is 3.65. The van der Waals surface area contributed by atoms with E-state index in [-0.39, 0.29) is 18.2 Å². The maximum atomic E-state index is 12.1. The van der Waals surface area contributed by atoms with Gasteiger partial charge in [-0.3, -0.25) is 9.59 Å². The molecule has 0 heterocycles. The van der Waals surface area contributed by atoms with Crippen LogP contribution in [0, 0.1) is 18.3 Å². The lowest BCUT2D eigenvalue weighted by atomic mass is 10.1. The van der Waals surface area contributed by atoms with Crippen molar-refractivity contribution < 1.29 is 9.59 Å². The summed E-state index contributed by atoms with van der Waals surface area (Å²) in [6, 6.07) is 16.9. The Morgan fingerprint density at radius 2 is 1.79 bits per heavy atom. The fraction of sp³-hybridized carbons (Fsp3) is 0.211. The Morgan fingerprint density at radius 1 is 1.04 bits per heavy atom. The number of hydrogen-bond acceptors (Lipinski definition) is 3. The number of benzene rings is 2. The molecule has 0 aromatic heterocycles. The van der Waals surface area contributed by atoms with Gasteiger partial charge in [0.15, 0.2) is 0 Å². The average molecular weight is 321 g/mol. The first-order chi connectivity index (χ1) is 11.6. The quantitative estimate of drug-likeness (QED) is 0.858. The molecule has 2 N–H and O–H groups in total. The van der Waals surface area contributed by atoms with E-state index in [1.807, 2.05) is 43.3 Å². The fourth-order valence-electron chi connectivity index (χ4n) is 2.19. The van der Waals surface area contributed by atoms with Crippen LogP contribution >= 0.6 is 0 Å². The summed E-state index contributed by atoms with van der Waals surface area (Å²) in [7, 11) is 0. The minimum absolute atomic E-state index is 0.0930. The van der Waals surface area contributed by atoms with Crippen molar-refractivity contribution in [1.29, 1.82) is 5.26 Å². The van der Waals surface area contributed by atoms with Gasteiger partial charge >= 0.3 is 0 Å². The first-order valence-electron chi connectivity index (χ1n) is 7.65. The van der Waals surface area contributed by atoms with Crippen molar-refractivity contribution in [2.45, 2.75) is 26.3 Å². The van der Waals surface area contributed by atoms with Crippen LogP contribution in [0.5, 0.6) is 0 Å². The Kier molecular flexibility index (Phi) is 6.09. The highest BCUT2D eigenvalue weighted by Crippen LogP contribution is 2.12. The van der Waals surface area contributed by atoms with Gasteiger partial charge in [0.1, 0.15) is 6.42 Å². The lowest BCUT2D eigenvalue weighted by Gasteiger charge is -2.08. The Labute approximate surface area is 141 Å². The molecule has 0 aliphatic heterocycles. The Morgan fingerprint density at radius 3 is 2.50 bits per heavy atom. The smallest absolute Gasteiger partial charge is 0.234 e. The van der Waals surface area contributed by atoms with Crippen LogP contribution in [-0.4, -0.2) is 11.8 Å². The van der Waals surface area contributed by atoms with Crippen molar-refractivity contribution >= 4 is 17.5 Å². The molecule has 5 heteroatoms. The van der Waals surface area contributed by atoms with Crippen molar-refractivity contribution in [3.8, 4) is 6.07 Å². The summed E-state index contributed by atoms with van der Waals surface area (Å²) < 4.78 is 0. The van der Waals surface area contributed by atoms with E-state index in [1.165, 1.54) is 0 Å².